The van der Waals surface area contributed by atoms with Gasteiger partial charge in [0.15, 0.2) is 5.96 Å². The van der Waals surface area contributed by atoms with Gasteiger partial charge in [0, 0.05) is 51.8 Å². The Morgan fingerprint density at radius 3 is 3.17 bits per heavy atom. The summed E-state index contributed by atoms with van der Waals surface area (Å²) in [5, 5.41) is 6.58. The summed E-state index contributed by atoms with van der Waals surface area (Å²) in [7, 11) is 0. The van der Waals surface area contributed by atoms with Gasteiger partial charge in [0.05, 0.1) is 19.0 Å². The van der Waals surface area contributed by atoms with Gasteiger partial charge in [-0.05, 0) is 26.2 Å². The highest BCUT2D eigenvalue weighted by molar-refractivity contribution is 5.79. The third kappa shape index (κ3) is 7.47. The molecule has 0 radical (unpaired) electrons. The van der Waals surface area contributed by atoms with Crippen molar-refractivity contribution in [3.05, 3.63) is 18.7 Å². The summed E-state index contributed by atoms with van der Waals surface area (Å²) in [4.78, 5) is 8.59. The highest BCUT2D eigenvalue weighted by Gasteiger charge is 2.14. The highest BCUT2D eigenvalue weighted by Crippen LogP contribution is 2.11. The lowest BCUT2D eigenvalue weighted by Crippen LogP contribution is -2.38. The predicted molar refractivity (Wildman–Crippen MR) is 90.6 cm³/mol. The van der Waals surface area contributed by atoms with Gasteiger partial charge in [0.2, 0.25) is 0 Å². The van der Waals surface area contributed by atoms with Gasteiger partial charge in [0.1, 0.15) is 0 Å². The molecule has 1 atom stereocenters. The summed E-state index contributed by atoms with van der Waals surface area (Å²) in [6.07, 6.45) is 9.08. The monoisotopic (exact) mass is 323 g/mol. The lowest BCUT2D eigenvalue weighted by Gasteiger charge is -2.12. The van der Waals surface area contributed by atoms with E-state index in [2.05, 4.69) is 27.5 Å². The van der Waals surface area contributed by atoms with Crippen molar-refractivity contribution in [2.45, 2.75) is 38.8 Å². The molecule has 2 heterocycles. The van der Waals surface area contributed by atoms with Crippen LogP contribution in [0.2, 0.25) is 0 Å². The Bertz CT molecular complexity index is 430. The molecule has 23 heavy (non-hydrogen) atoms. The van der Waals surface area contributed by atoms with Crippen LogP contribution in [0.5, 0.6) is 0 Å². The van der Waals surface area contributed by atoms with E-state index < -0.39 is 0 Å². The average Bonchev–Trinajstić information content (AvgIpc) is 3.24. The van der Waals surface area contributed by atoms with Crippen molar-refractivity contribution in [1.29, 1.82) is 0 Å². The Morgan fingerprint density at radius 2 is 2.43 bits per heavy atom. The number of hydrogen-bond donors (Lipinski definition) is 2. The standard InChI is InChI=1S/C16H29N5O2/c1-2-18-16(20-8-10-21-9-7-17-14-21)19-6-4-11-22-13-15-5-3-12-23-15/h7,9,14-15H,2-6,8,10-13H2,1H3,(H2,18,19,20). The summed E-state index contributed by atoms with van der Waals surface area (Å²) in [6.45, 7) is 7.70. The van der Waals surface area contributed by atoms with Gasteiger partial charge in [-0.1, -0.05) is 0 Å². The Kier molecular flexibility index (Phi) is 8.50. The van der Waals surface area contributed by atoms with E-state index in [1.165, 1.54) is 0 Å². The highest BCUT2D eigenvalue weighted by atomic mass is 16.5. The van der Waals surface area contributed by atoms with Gasteiger partial charge in [0.25, 0.3) is 0 Å². The molecule has 1 aromatic heterocycles. The predicted octanol–water partition coefficient (Wildman–Crippen LogP) is 1.02. The van der Waals surface area contributed by atoms with Crippen LogP contribution in [0.1, 0.15) is 26.2 Å². The fraction of sp³-hybridized carbons (Fsp3) is 0.750. The second-order valence-corrected chi connectivity index (χ2v) is 5.55. The first-order valence-electron chi connectivity index (χ1n) is 8.55. The van der Waals surface area contributed by atoms with E-state index in [4.69, 9.17) is 9.47 Å². The molecule has 1 saturated heterocycles. The van der Waals surface area contributed by atoms with Crippen LogP contribution in [0.15, 0.2) is 23.7 Å². The van der Waals surface area contributed by atoms with Gasteiger partial charge in [-0.3, -0.25) is 4.99 Å². The van der Waals surface area contributed by atoms with Crippen molar-refractivity contribution < 1.29 is 9.47 Å². The van der Waals surface area contributed by atoms with E-state index in [9.17, 15) is 0 Å². The van der Waals surface area contributed by atoms with E-state index >= 15 is 0 Å². The maximum absolute atomic E-state index is 5.64. The first-order chi connectivity index (χ1) is 11.4. The van der Waals surface area contributed by atoms with Crippen LogP contribution in [0.4, 0.5) is 0 Å². The summed E-state index contributed by atoms with van der Waals surface area (Å²) >= 11 is 0. The van der Waals surface area contributed by atoms with Crippen LogP contribution in [0, 0.1) is 0 Å². The fourth-order valence-corrected chi connectivity index (χ4v) is 2.41. The molecule has 0 aromatic carbocycles. The van der Waals surface area contributed by atoms with Crippen molar-refractivity contribution in [1.82, 2.24) is 20.2 Å². The zero-order valence-electron chi connectivity index (χ0n) is 14.0. The topological polar surface area (TPSA) is 72.7 Å². The lowest BCUT2D eigenvalue weighted by atomic mass is 10.2. The van der Waals surface area contributed by atoms with Gasteiger partial charge >= 0.3 is 0 Å². The van der Waals surface area contributed by atoms with E-state index in [1.54, 1.807) is 6.20 Å². The van der Waals surface area contributed by atoms with Gasteiger partial charge in [-0.15, -0.1) is 0 Å². The Labute approximate surface area is 138 Å². The molecule has 2 N–H and O–H groups in total. The second kappa shape index (κ2) is 11.0. The van der Waals surface area contributed by atoms with Crippen LogP contribution >= 0.6 is 0 Å². The molecule has 0 spiro atoms. The molecule has 0 aliphatic carbocycles. The van der Waals surface area contributed by atoms with Crippen molar-refractivity contribution in [3.63, 3.8) is 0 Å². The van der Waals surface area contributed by atoms with Crippen LogP contribution in [0.25, 0.3) is 0 Å². The summed E-state index contributed by atoms with van der Waals surface area (Å²) in [5.41, 5.74) is 0. The van der Waals surface area contributed by atoms with E-state index in [-0.39, 0.29) is 0 Å². The molecular formula is C16H29N5O2. The van der Waals surface area contributed by atoms with Gasteiger partial charge in [-0.2, -0.15) is 0 Å². The van der Waals surface area contributed by atoms with Crippen LogP contribution in [-0.4, -0.2) is 61.1 Å². The minimum atomic E-state index is 0.306. The van der Waals surface area contributed by atoms with Crippen molar-refractivity contribution in [2.24, 2.45) is 4.99 Å². The van der Waals surface area contributed by atoms with Gasteiger partial charge < -0.3 is 24.7 Å². The molecule has 7 nitrogen and oxygen atoms in total. The van der Waals surface area contributed by atoms with Crippen molar-refractivity contribution in [3.8, 4) is 0 Å². The number of rotatable bonds is 10. The number of guanidine groups is 1. The zero-order chi connectivity index (χ0) is 16.2. The first-order valence-corrected chi connectivity index (χ1v) is 8.55. The zero-order valence-corrected chi connectivity index (χ0v) is 14.0. The van der Waals surface area contributed by atoms with Crippen molar-refractivity contribution in [2.75, 3.05) is 39.5 Å². The average molecular weight is 323 g/mol. The summed E-state index contributed by atoms with van der Waals surface area (Å²) in [6, 6.07) is 0. The molecule has 1 aliphatic heterocycles. The number of nitrogens with zero attached hydrogens (tertiary/aromatic N) is 3. The minimum Gasteiger partial charge on any atom is -0.379 e. The maximum Gasteiger partial charge on any atom is 0.191 e. The molecule has 0 saturated carbocycles. The second-order valence-electron chi connectivity index (χ2n) is 5.55. The van der Waals surface area contributed by atoms with Crippen LogP contribution in [0.3, 0.4) is 0 Å². The van der Waals surface area contributed by atoms with Gasteiger partial charge in [-0.25, -0.2) is 4.98 Å². The number of nitrogens with one attached hydrogen (secondary N) is 2. The SMILES string of the molecule is CCNC(=NCCCOCC1CCCO1)NCCn1ccnc1. The molecule has 7 heteroatoms. The minimum absolute atomic E-state index is 0.306. The van der Waals surface area contributed by atoms with Crippen LogP contribution in [-0.2, 0) is 16.0 Å². The smallest absolute Gasteiger partial charge is 0.191 e. The molecule has 0 bridgehead atoms. The Balaban J connectivity index is 1.54. The van der Waals surface area contributed by atoms with E-state index in [0.717, 1.165) is 64.6 Å². The molecular weight excluding hydrogens is 294 g/mol. The summed E-state index contributed by atoms with van der Waals surface area (Å²) < 4.78 is 13.2. The molecule has 1 fully saturated rings. The van der Waals surface area contributed by atoms with E-state index in [0.29, 0.717) is 12.7 Å². The number of hydrogen-bond acceptors (Lipinski definition) is 4. The lowest BCUT2D eigenvalue weighted by molar-refractivity contribution is 0.0171. The van der Waals surface area contributed by atoms with Crippen molar-refractivity contribution >= 4 is 5.96 Å². The molecule has 1 aromatic rings. The largest absolute Gasteiger partial charge is 0.379 e. The van der Waals surface area contributed by atoms with E-state index in [1.807, 2.05) is 17.1 Å². The third-order valence-electron chi connectivity index (χ3n) is 3.61. The molecule has 1 unspecified atom stereocenters. The molecule has 0 amide bonds. The Hall–Kier alpha value is -1.60. The maximum atomic E-state index is 5.64. The number of aromatic nitrogens is 2. The first kappa shape index (κ1) is 17.7. The number of aliphatic imine (C=N–C) groups is 1. The Morgan fingerprint density at radius 1 is 1.48 bits per heavy atom. The normalized spacial score (nSPS) is 18.3. The molecule has 2 rings (SSSR count). The molecule has 1 aliphatic rings. The third-order valence-corrected chi connectivity index (χ3v) is 3.61. The fourth-order valence-electron chi connectivity index (χ4n) is 2.41. The van der Waals surface area contributed by atoms with Crippen LogP contribution < -0.4 is 10.6 Å². The number of ether oxygens (including phenoxy) is 2. The number of imidazole rings is 1. The molecule has 130 valence electrons. The summed E-state index contributed by atoms with van der Waals surface area (Å²) in [5.74, 6) is 0.853. The quantitative estimate of drug-likeness (QED) is 0.382.